The fourth-order valence-electron chi connectivity index (χ4n) is 2.35. The lowest BCUT2D eigenvalue weighted by Gasteiger charge is -2.09. The molecule has 0 unspecified atom stereocenters. The summed E-state index contributed by atoms with van der Waals surface area (Å²) < 4.78 is 7.80. The van der Waals surface area contributed by atoms with E-state index < -0.39 is 0 Å². The van der Waals surface area contributed by atoms with Crippen molar-refractivity contribution in [3.8, 4) is 6.01 Å². The number of fused-ring (bicyclic) bond motifs is 1. The van der Waals surface area contributed by atoms with Crippen molar-refractivity contribution in [1.29, 1.82) is 0 Å². The number of hydrogen-bond acceptors (Lipinski definition) is 2. The van der Waals surface area contributed by atoms with E-state index in [0.717, 1.165) is 23.1 Å². The average Bonchev–Trinajstić information content (AvgIpc) is 2.81. The molecular weight excluding hydrogens is 248 g/mol. The van der Waals surface area contributed by atoms with Gasteiger partial charge in [0, 0.05) is 0 Å². The van der Waals surface area contributed by atoms with E-state index in [4.69, 9.17) is 4.74 Å². The first-order valence-electron chi connectivity index (χ1n) is 6.83. The van der Waals surface area contributed by atoms with Gasteiger partial charge in [0.1, 0.15) is 0 Å². The van der Waals surface area contributed by atoms with Crippen LogP contribution in [0.4, 0.5) is 0 Å². The van der Waals surface area contributed by atoms with Gasteiger partial charge in [-0.3, -0.25) is 4.57 Å². The Morgan fingerprint density at radius 3 is 2.75 bits per heavy atom. The van der Waals surface area contributed by atoms with E-state index in [9.17, 15) is 0 Å². The zero-order valence-electron chi connectivity index (χ0n) is 11.8. The van der Waals surface area contributed by atoms with E-state index in [1.54, 1.807) is 0 Å². The predicted octanol–water partition coefficient (Wildman–Crippen LogP) is 3.59. The topological polar surface area (TPSA) is 27.1 Å². The number of aromatic nitrogens is 2. The van der Waals surface area contributed by atoms with E-state index in [0.29, 0.717) is 12.6 Å². The van der Waals surface area contributed by atoms with Gasteiger partial charge in [0.2, 0.25) is 0 Å². The van der Waals surface area contributed by atoms with Crippen molar-refractivity contribution in [3.63, 3.8) is 0 Å². The van der Waals surface area contributed by atoms with Crippen molar-refractivity contribution in [3.05, 3.63) is 59.7 Å². The van der Waals surface area contributed by atoms with Crippen LogP contribution in [0.15, 0.2) is 42.5 Å². The molecule has 1 aromatic heterocycles. The third-order valence-corrected chi connectivity index (χ3v) is 3.32. The zero-order valence-corrected chi connectivity index (χ0v) is 11.8. The second kappa shape index (κ2) is 5.37. The minimum atomic E-state index is 0.612. The molecule has 0 fully saturated rings. The molecule has 1 heterocycles. The van der Waals surface area contributed by atoms with Crippen LogP contribution in [0.2, 0.25) is 0 Å². The number of imidazole rings is 1. The Labute approximate surface area is 118 Å². The first-order chi connectivity index (χ1) is 9.79. The fraction of sp³-hybridized carbons (Fsp3) is 0.235. The summed E-state index contributed by atoms with van der Waals surface area (Å²) in [6.45, 7) is 5.39. The monoisotopic (exact) mass is 265 g/mol. The molecule has 0 aliphatic carbocycles. The molecule has 0 saturated carbocycles. The molecule has 0 aliphatic rings. The zero-order chi connectivity index (χ0) is 13.9. The molecule has 20 heavy (non-hydrogen) atoms. The third kappa shape index (κ3) is 2.27. The van der Waals surface area contributed by atoms with Crippen LogP contribution in [0, 0.1) is 13.0 Å². The highest BCUT2D eigenvalue weighted by atomic mass is 16.5. The van der Waals surface area contributed by atoms with Crippen LogP contribution >= 0.6 is 0 Å². The average molecular weight is 265 g/mol. The van der Waals surface area contributed by atoms with Crippen LogP contribution in [0.5, 0.6) is 6.01 Å². The first-order valence-corrected chi connectivity index (χ1v) is 6.83. The summed E-state index contributed by atoms with van der Waals surface area (Å²) >= 11 is 0. The van der Waals surface area contributed by atoms with Gasteiger partial charge in [-0.15, -0.1) is 0 Å². The highest BCUT2D eigenvalue weighted by molar-refractivity contribution is 5.80. The van der Waals surface area contributed by atoms with Crippen LogP contribution in [0.25, 0.3) is 11.0 Å². The Morgan fingerprint density at radius 2 is 2.00 bits per heavy atom. The first kappa shape index (κ1) is 12.7. The van der Waals surface area contributed by atoms with Gasteiger partial charge in [0.15, 0.2) is 0 Å². The van der Waals surface area contributed by atoms with Crippen molar-refractivity contribution in [2.75, 3.05) is 6.61 Å². The molecule has 3 aromatic rings. The smallest absolute Gasteiger partial charge is 0.297 e. The predicted molar refractivity (Wildman–Crippen MR) is 80.0 cm³/mol. The van der Waals surface area contributed by atoms with E-state index in [2.05, 4.69) is 34.7 Å². The number of hydrogen-bond donors (Lipinski definition) is 0. The molecule has 2 aromatic carbocycles. The molecule has 1 radical (unpaired) electrons. The molecule has 3 nitrogen and oxygen atoms in total. The molecule has 3 heteroatoms. The van der Waals surface area contributed by atoms with Gasteiger partial charge in [0.25, 0.3) is 6.01 Å². The molecule has 0 saturated heterocycles. The molecule has 101 valence electrons. The molecule has 0 atom stereocenters. The van der Waals surface area contributed by atoms with Gasteiger partial charge in [-0.05, 0) is 43.2 Å². The Bertz CT molecular complexity index is 716. The lowest BCUT2D eigenvalue weighted by Crippen LogP contribution is -2.04. The molecule has 3 rings (SSSR count). The van der Waals surface area contributed by atoms with Gasteiger partial charge in [0.05, 0.1) is 24.2 Å². The van der Waals surface area contributed by atoms with Gasteiger partial charge in [-0.25, -0.2) is 0 Å². The summed E-state index contributed by atoms with van der Waals surface area (Å²) in [5.74, 6) is 0. The SMILES string of the molecule is CCOc1nc2c(C)c[c]cc2n1Cc1ccccc1. The Morgan fingerprint density at radius 1 is 1.20 bits per heavy atom. The lowest BCUT2D eigenvalue weighted by atomic mass is 10.2. The van der Waals surface area contributed by atoms with Crippen LogP contribution in [0.1, 0.15) is 18.1 Å². The summed E-state index contributed by atoms with van der Waals surface area (Å²) in [6, 6.07) is 18.1. The van der Waals surface area contributed by atoms with Crippen molar-refractivity contribution in [2.45, 2.75) is 20.4 Å². The van der Waals surface area contributed by atoms with Gasteiger partial charge in [-0.1, -0.05) is 30.3 Å². The number of aryl methyl sites for hydroxylation is 1. The summed E-state index contributed by atoms with van der Waals surface area (Å²) in [5.41, 5.74) is 4.41. The molecule has 0 amide bonds. The molecule has 0 N–H and O–H groups in total. The highest BCUT2D eigenvalue weighted by Gasteiger charge is 2.13. The lowest BCUT2D eigenvalue weighted by molar-refractivity contribution is 0.301. The van der Waals surface area contributed by atoms with Crippen LogP contribution in [0.3, 0.4) is 0 Å². The fourth-order valence-corrected chi connectivity index (χ4v) is 2.35. The molecule has 0 aliphatic heterocycles. The van der Waals surface area contributed by atoms with Crippen LogP contribution in [-0.4, -0.2) is 16.2 Å². The maximum atomic E-state index is 5.69. The van der Waals surface area contributed by atoms with Crippen LogP contribution < -0.4 is 4.74 Å². The van der Waals surface area contributed by atoms with E-state index in [-0.39, 0.29) is 0 Å². The van der Waals surface area contributed by atoms with E-state index in [1.165, 1.54) is 5.56 Å². The minimum Gasteiger partial charge on any atom is -0.465 e. The second-order valence-electron chi connectivity index (χ2n) is 4.77. The number of ether oxygens (including phenoxy) is 1. The highest BCUT2D eigenvalue weighted by Crippen LogP contribution is 2.25. The Hall–Kier alpha value is -2.29. The Kier molecular flexibility index (Phi) is 3.42. The van der Waals surface area contributed by atoms with Gasteiger partial charge in [-0.2, -0.15) is 4.98 Å². The maximum Gasteiger partial charge on any atom is 0.297 e. The third-order valence-electron chi connectivity index (χ3n) is 3.32. The number of nitrogens with zero attached hydrogens (tertiary/aromatic N) is 2. The summed E-state index contributed by atoms with van der Waals surface area (Å²) in [7, 11) is 0. The largest absolute Gasteiger partial charge is 0.465 e. The van der Waals surface area contributed by atoms with Crippen molar-refractivity contribution in [2.24, 2.45) is 0 Å². The molecule has 0 bridgehead atoms. The normalized spacial score (nSPS) is 10.9. The number of rotatable bonds is 4. The van der Waals surface area contributed by atoms with Crippen molar-refractivity contribution >= 4 is 11.0 Å². The molecular formula is C17H17N2O. The summed E-state index contributed by atoms with van der Waals surface area (Å²) in [4.78, 5) is 4.62. The van der Waals surface area contributed by atoms with Crippen molar-refractivity contribution in [1.82, 2.24) is 9.55 Å². The number of benzene rings is 2. The van der Waals surface area contributed by atoms with E-state index >= 15 is 0 Å². The Balaban J connectivity index is 2.12. The maximum absolute atomic E-state index is 5.69. The van der Waals surface area contributed by atoms with Gasteiger partial charge < -0.3 is 4.74 Å². The summed E-state index contributed by atoms with van der Waals surface area (Å²) in [5, 5.41) is 0. The summed E-state index contributed by atoms with van der Waals surface area (Å²) in [6.07, 6.45) is 0. The molecule has 0 spiro atoms. The standard InChI is InChI=1S/C17H17N2O/c1-3-20-17-18-16-13(2)8-7-11-15(16)19(17)12-14-9-5-4-6-10-14/h4-6,8-11H,3,12H2,1-2H3. The van der Waals surface area contributed by atoms with E-state index in [1.807, 2.05) is 37.3 Å². The van der Waals surface area contributed by atoms with Gasteiger partial charge >= 0.3 is 0 Å². The quantitative estimate of drug-likeness (QED) is 0.720. The minimum absolute atomic E-state index is 0.612. The van der Waals surface area contributed by atoms with Crippen molar-refractivity contribution < 1.29 is 4.74 Å². The second-order valence-corrected chi connectivity index (χ2v) is 4.77. The van der Waals surface area contributed by atoms with Crippen LogP contribution in [-0.2, 0) is 6.54 Å².